The van der Waals surface area contributed by atoms with Gasteiger partial charge < -0.3 is 10.5 Å². The molecule has 1 saturated heterocycles. The van der Waals surface area contributed by atoms with E-state index in [9.17, 15) is 0 Å². The fraction of sp³-hybridized carbons (Fsp3) is 1.00. The molecule has 2 atom stereocenters. The van der Waals surface area contributed by atoms with Gasteiger partial charge in [-0.05, 0) is 34.1 Å². The minimum absolute atomic E-state index is 0.0163. The molecule has 0 radical (unpaired) electrons. The third kappa shape index (κ3) is 2.88. The molecule has 2 nitrogen and oxygen atoms in total. The SMILES string of the molecule is CC(CN)SC1CC(C)(C)OC1(C)C. The van der Waals surface area contributed by atoms with Crippen LogP contribution in [-0.4, -0.2) is 28.2 Å². The van der Waals surface area contributed by atoms with Crippen molar-refractivity contribution >= 4 is 11.8 Å². The Morgan fingerprint density at radius 1 is 1.43 bits per heavy atom. The molecule has 0 bridgehead atoms. The first-order valence-electron chi connectivity index (χ1n) is 5.32. The molecule has 2 unspecified atom stereocenters. The summed E-state index contributed by atoms with van der Waals surface area (Å²) in [7, 11) is 0. The maximum absolute atomic E-state index is 6.03. The van der Waals surface area contributed by atoms with Crippen LogP contribution < -0.4 is 5.73 Å². The zero-order chi connectivity index (χ0) is 11.0. The Bertz CT molecular complexity index is 203. The lowest BCUT2D eigenvalue weighted by Crippen LogP contribution is -2.32. The lowest BCUT2D eigenvalue weighted by atomic mass is 10.0. The Labute approximate surface area is 92.0 Å². The molecule has 1 fully saturated rings. The van der Waals surface area contributed by atoms with E-state index in [2.05, 4.69) is 34.6 Å². The molecule has 84 valence electrons. The van der Waals surface area contributed by atoms with Crippen LogP contribution in [0.2, 0.25) is 0 Å². The van der Waals surface area contributed by atoms with Gasteiger partial charge >= 0.3 is 0 Å². The van der Waals surface area contributed by atoms with E-state index in [1.165, 1.54) is 0 Å². The van der Waals surface area contributed by atoms with Crippen LogP contribution in [-0.2, 0) is 4.74 Å². The highest BCUT2D eigenvalue weighted by molar-refractivity contribution is 8.00. The Morgan fingerprint density at radius 3 is 2.36 bits per heavy atom. The molecule has 0 amide bonds. The fourth-order valence-electron chi connectivity index (χ4n) is 2.06. The van der Waals surface area contributed by atoms with Gasteiger partial charge in [0.25, 0.3) is 0 Å². The Balaban J connectivity index is 2.61. The highest BCUT2D eigenvalue weighted by Crippen LogP contribution is 2.44. The first-order valence-corrected chi connectivity index (χ1v) is 6.27. The van der Waals surface area contributed by atoms with Gasteiger partial charge in [0.05, 0.1) is 11.2 Å². The summed E-state index contributed by atoms with van der Waals surface area (Å²) in [6.45, 7) is 11.6. The summed E-state index contributed by atoms with van der Waals surface area (Å²) in [5, 5.41) is 1.09. The molecule has 1 aliphatic rings. The van der Waals surface area contributed by atoms with E-state index in [4.69, 9.17) is 10.5 Å². The van der Waals surface area contributed by atoms with Crippen LogP contribution in [0.3, 0.4) is 0 Å². The van der Waals surface area contributed by atoms with Crippen molar-refractivity contribution in [3.8, 4) is 0 Å². The molecular weight excluding hydrogens is 194 g/mol. The van der Waals surface area contributed by atoms with Gasteiger partial charge in [-0.25, -0.2) is 0 Å². The van der Waals surface area contributed by atoms with Crippen LogP contribution in [0.5, 0.6) is 0 Å². The average molecular weight is 217 g/mol. The van der Waals surface area contributed by atoms with Crippen molar-refractivity contribution in [2.75, 3.05) is 6.54 Å². The van der Waals surface area contributed by atoms with Crippen molar-refractivity contribution in [3.05, 3.63) is 0 Å². The number of rotatable bonds is 3. The monoisotopic (exact) mass is 217 g/mol. The predicted octanol–water partition coefficient (Wildman–Crippen LogP) is 2.41. The van der Waals surface area contributed by atoms with Crippen LogP contribution in [0.1, 0.15) is 41.0 Å². The summed E-state index contributed by atoms with van der Waals surface area (Å²) < 4.78 is 6.03. The van der Waals surface area contributed by atoms with Crippen LogP contribution in [0.15, 0.2) is 0 Å². The molecule has 0 aromatic heterocycles. The van der Waals surface area contributed by atoms with Gasteiger partial charge in [-0.2, -0.15) is 11.8 Å². The first kappa shape index (κ1) is 12.3. The van der Waals surface area contributed by atoms with Crippen LogP contribution in [0.25, 0.3) is 0 Å². The summed E-state index contributed by atoms with van der Waals surface area (Å²) in [6, 6.07) is 0. The smallest absolute Gasteiger partial charge is 0.0753 e. The third-order valence-corrected chi connectivity index (χ3v) is 4.44. The van der Waals surface area contributed by atoms with Crippen molar-refractivity contribution in [1.82, 2.24) is 0 Å². The van der Waals surface area contributed by atoms with Crippen LogP contribution in [0.4, 0.5) is 0 Å². The lowest BCUT2D eigenvalue weighted by Gasteiger charge is -2.28. The summed E-state index contributed by atoms with van der Waals surface area (Å²) in [4.78, 5) is 0. The second kappa shape index (κ2) is 4.03. The van der Waals surface area contributed by atoms with E-state index >= 15 is 0 Å². The zero-order valence-corrected chi connectivity index (χ0v) is 10.8. The van der Waals surface area contributed by atoms with E-state index in [0.717, 1.165) is 13.0 Å². The highest BCUT2D eigenvalue weighted by Gasteiger charge is 2.46. The van der Waals surface area contributed by atoms with Gasteiger partial charge in [0.15, 0.2) is 0 Å². The molecule has 1 rings (SSSR count). The maximum Gasteiger partial charge on any atom is 0.0753 e. The number of hydrogen-bond donors (Lipinski definition) is 1. The predicted molar refractivity (Wildman–Crippen MR) is 63.8 cm³/mol. The lowest BCUT2D eigenvalue weighted by molar-refractivity contribution is -0.0631. The van der Waals surface area contributed by atoms with E-state index in [0.29, 0.717) is 10.5 Å². The van der Waals surface area contributed by atoms with Gasteiger partial charge in [0.2, 0.25) is 0 Å². The Hall–Kier alpha value is 0.270. The van der Waals surface area contributed by atoms with Gasteiger partial charge in [-0.3, -0.25) is 0 Å². The molecule has 14 heavy (non-hydrogen) atoms. The first-order chi connectivity index (χ1) is 6.27. The van der Waals surface area contributed by atoms with E-state index in [1.54, 1.807) is 0 Å². The third-order valence-electron chi connectivity index (χ3n) is 2.72. The summed E-state index contributed by atoms with van der Waals surface area (Å²) >= 11 is 1.97. The number of hydrogen-bond acceptors (Lipinski definition) is 3. The minimum Gasteiger partial charge on any atom is -0.369 e. The van der Waals surface area contributed by atoms with Crippen molar-refractivity contribution in [1.29, 1.82) is 0 Å². The molecule has 1 heterocycles. The molecule has 0 saturated carbocycles. The topological polar surface area (TPSA) is 35.2 Å². The number of nitrogens with two attached hydrogens (primary N) is 1. The molecule has 0 aromatic rings. The molecule has 0 aromatic carbocycles. The van der Waals surface area contributed by atoms with Gasteiger partial charge in [-0.15, -0.1) is 0 Å². The Morgan fingerprint density at radius 2 is 2.00 bits per heavy atom. The number of ether oxygens (including phenoxy) is 1. The van der Waals surface area contributed by atoms with Gasteiger partial charge in [0.1, 0.15) is 0 Å². The summed E-state index contributed by atoms with van der Waals surface area (Å²) in [5.74, 6) is 0. The van der Waals surface area contributed by atoms with Crippen molar-refractivity contribution in [3.63, 3.8) is 0 Å². The molecule has 0 aliphatic carbocycles. The van der Waals surface area contributed by atoms with E-state index in [1.807, 2.05) is 11.8 Å². The van der Waals surface area contributed by atoms with Gasteiger partial charge in [0, 0.05) is 17.0 Å². The number of thioether (sulfide) groups is 1. The standard InChI is InChI=1S/C11H23NOS/c1-8(7-12)14-9-6-10(2,3)13-11(9,4)5/h8-9H,6-7,12H2,1-5H3. The molecule has 1 aliphatic heterocycles. The largest absolute Gasteiger partial charge is 0.369 e. The second-order valence-corrected chi connectivity index (χ2v) is 6.99. The summed E-state index contributed by atoms with van der Waals surface area (Å²) in [5.41, 5.74) is 5.65. The zero-order valence-electron chi connectivity index (χ0n) is 9.96. The average Bonchev–Trinajstić information content (AvgIpc) is 2.19. The van der Waals surface area contributed by atoms with Gasteiger partial charge in [-0.1, -0.05) is 6.92 Å². The van der Waals surface area contributed by atoms with E-state index < -0.39 is 0 Å². The van der Waals surface area contributed by atoms with E-state index in [-0.39, 0.29) is 11.2 Å². The highest BCUT2D eigenvalue weighted by atomic mass is 32.2. The molecule has 2 N–H and O–H groups in total. The maximum atomic E-state index is 6.03. The fourth-order valence-corrected chi connectivity index (χ4v) is 3.61. The molecule has 3 heteroatoms. The van der Waals surface area contributed by atoms with Crippen molar-refractivity contribution in [2.24, 2.45) is 5.73 Å². The second-order valence-electron chi connectivity index (χ2n) is 5.34. The minimum atomic E-state index is -0.0163. The Kier molecular flexibility index (Phi) is 3.55. The molecule has 0 spiro atoms. The van der Waals surface area contributed by atoms with Crippen LogP contribution in [0, 0.1) is 0 Å². The summed E-state index contributed by atoms with van der Waals surface area (Å²) in [6.07, 6.45) is 1.12. The van der Waals surface area contributed by atoms with Crippen molar-refractivity contribution in [2.45, 2.75) is 62.7 Å². The van der Waals surface area contributed by atoms with Crippen LogP contribution >= 0.6 is 11.8 Å². The molecular formula is C11H23NOS. The quantitative estimate of drug-likeness (QED) is 0.788. The van der Waals surface area contributed by atoms with Crippen molar-refractivity contribution < 1.29 is 4.74 Å². The normalized spacial score (nSPS) is 31.7.